The number of nitrogens with two attached hydrogens (primary N) is 1. The number of aryl methyl sites for hydroxylation is 2. The molecule has 20 heavy (non-hydrogen) atoms. The molecule has 0 heterocycles. The Balaban J connectivity index is 1.95. The van der Waals surface area contributed by atoms with Crippen LogP contribution in [0.2, 0.25) is 0 Å². The van der Waals surface area contributed by atoms with Crippen molar-refractivity contribution in [2.45, 2.75) is 29.1 Å². The summed E-state index contributed by atoms with van der Waals surface area (Å²) in [5.74, 6) is 0.0983. The SMILES string of the molecule is N=C(N)c1c(Br)cccc1Sc1ccc2c(c1)CCC2. The smallest absolute Gasteiger partial charge is 0.125 e. The van der Waals surface area contributed by atoms with Crippen LogP contribution in [0.1, 0.15) is 23.1 Å². The number of nitrogens with one attached hydrogen (secondary N) is 1. The molecule has 2 aromatic carbocycles. The fourth-order valence-corrected chi connectivity index (χ4v) is 4.36. The van der Waals surface area contributed by atoms with E-state index in [2.05, 4.69) is 34.1 Å². The predicted octanol–water partition coefficient (Wildman–Crippen LogP) is 4.37. The Morgan fingerprint density at radius 2 is 1.95 bits per heavy atom. The number of amidine groups is 1. The van der Waals surface area contributed by atoms with E-state index in [1.54, 1.807) is 11.8 Å². The van der Waals surface area contributed by atoms with Crippen molar-refractivity contribution in [1.82, 2.24) is 0 Å². The Bertz CT molecular complexity index is 682. The molecule has 0 aliphatic heterocycles. The third kappa shape index (κ3) is 2.63. The standard InChI is InChI=1S/C16H15BrN2S/c17-13-5-2-6-14(15(13)16(18)19)20-12-8-7-10-3-1-4-11(10)9-12/h2,5-9H,1,3-4H2,(H3,18,19). The van der Waals surface area contributed by atoms with E-state index >= 15 is 0 Å². The van der Waals surface area contributed by atoms with Crippen molar-refractivity contribution < 1.29 is 0 Å². The van der Waals surface area contributed by atoms with E-state index in [0.717, 1.165) is 14.9 Å². The molecule has 2 aromatic rings. The van der Waals surface area contributed by atoms with E-state index < -0.39 is 0 Å². The quantitative estimate of drug-likeness (QED) is 0.640. The van der Waals surface area contributed by atoms with Gasteiger partial charge in [-0.05, 0) is 70.6 Å². The third-order valence-electron chi connectivity index (χ3n) is 3.54. The molecule has 4 heteroatoms. The van der Waals surface area contributed by atoms with E-state index in [-0.39, 0.29) is 5.84 Å². The van der Waals surface area contributed by atoms with E-state index in [4.69, 9.17) is 11.1 Å². The molecule has 0 atom stereocenters. The Kier molecular flexibility index (Phi) is 3.85. The second kappa shape index (κ2) is 5.62. The zero-order valence-electron chi connectivity index (χ0n) is 10.9. The van der Waals surface area contributed by atoms with Crippen LogP contribution in [-0.2, 0) is 12.8 Å². The van der Waals surface area contributed by atoms with Gasteiger partial charge in [-0.2, -0.15) is 0 Å². The maximum atomic E-state index is 7.74. The highest BCUT2D eigenvalue weighted by Gasteiger charge is 2.14. The van der Waals surface area contributed by atoms with E-state index in [9.17, 15) is 0 Å². The maximum absolute atomic E-state index is 7.74. The minimum Gasteiger partial charge on any atom is -0.384 e. The van der Waals surface area contributed by atoms with Crippen molar-refractivity contribution in [2.24, 2.45) is 5.73 Å². The normalized spacial score (nSPS) is 13.2. The summed E-state index contributed by atoms with van der Waals surface area (Å²) in [6, 6.07) is 12.6. The van der Waals surface area contributed by atoms with Gasteiger partial charge < -0.3 is 5.73 Å². The summed E-state index contributed by atoms with van der Waals surface area (Å²) >= 11 is 5.15. The molecule has 0 aromatic heterocycles. The second-order valence-corrected chi connectivity index (χ2v) is 6.88. The highest BCUT2D eigenvalue weighted by atomic mass is 79.9. The molecular formula is C16H15BrN2S. The topological polar surface area (TPSA) is 49.9 Å². The molecule has 102 valence electrons. The predicted molar refractivity (Wildman–Crippen MR) is 87.7 cm³/mol. The first-order valence-electron chi connectivity index (χ1n) is 6.58. The van der Waals surface area contributed by atoms with Crippen molar-refractivity contribution >= 4 is 33.5 Å². The van der Waals surface area contributed by atoms with Crippen LogP contribution >= 0.6 is 27.7 Å². The Morgan fingerprint density at radius 3 is 2.75 bits per heavy atom. The second-order valence-electron chi connectivity index (χ2n) is 4.91. The average molecular weight is 347 g/mol. The van der Waals surface area contributed by atoms with Crippen LogP contribution in [0, 0.1) is 5.41 Å². The lowest BCUT2D eigenvalue weighted by Gasteiger charge is -2.10. The van der Waals surface area contributed by atoms with Gasteiger partial charge >= 0.3 is 0 Å². The molecule has 0 unspecified atom stereocenters. The highest BCUT2D eigenvalue weighted by molar-refractivity contribution is 9.10. The van der Waals surface area contributed by atoms with Crippen molar-refractivity contribution in [3.8, 4) is 0 Å². The van der Waals surface area contributed by atoms with Gasteiger partial charge in [-0.3, -0.25) is 5.41 Å². The van der Waals surface area contributed by atoms with Crippen LogP contribution in [0.4, 0.5) is 0 Å². The van der Waals surface area contributed by atoms with E-state index in [1.807, 2.05) is 18.2 Å². The lowest BCUT2D eigenvalue weighted by molar-refractivity contribution is 0.911. The van der Waals surface area contributed by atoms with Crippen LogP contribution in [0.15, 0.2) is 50.7 Å². The summed E-state index contributed by atoms with van der Waals surface area (Å²) in [5, 5.41) is 7.74. The molecule has 0 bridgehead atoms. The average Bonchev–Trinajstić information content (AvgIpc) is 2.85. The van der Waals surface area contributed by atoms with E-state index in [0.29, 0.717) is 0 Å². The molecule has 0 saturated carbocycles. The van der Waals surface area contributed by atoms with Gasteiger partial charge in [-0.1, -0.05) is 23.9 Å². The van der Waals surface area contributed by atoms with Crippen LogP contribution in [0.5, 0.6) is 0 Å². The van der Waals surface area contributed by atoms with Crippen LogP contribution in [0.3, 0.4) is 0 Å². The molecule has 0 spiro atoms. The summed E-state index contributed by atoms with van der Waals surface area (Å²) in [6.07, 6.45) is 3.65. The molecule has 3 N–H and O–H groups in total. The summed E-state index contributed by atoms with van der Waals surface area (Å²) in [6.45, 7) is 0. The van der Waals surface area contributed by atoms with Crippen LogP contribution in [-0.4, -0.2) is 5.84 Å². The zero-order valence-corrected chi connectivity index (χ0v) is 13.4. The summed E-state index contributed by atoms with van der Waals surface area (Å²) in [4.78, 5) is 2.23. The number of benzene rings is 2. The van der Waals surface area contributed by atoms with Gasteiger partial charge in [0.1, 0.15) is 5.84 Å². The molecule has 2 nitrogen and oxygen atoms in total. The maximum Gasteiger partial charge on any atom is 0.125 e. The van der Waals surface area contributed by atoms with Gasteiger partial charge in [0.05, 0.1) is 0 Å². The van der Waals surface area contributed by atoms with Gasteiger partial charge in [-0.25, -0.2) is 0 Å². The minimum absolute atomic E-state index is 0.0983. The largest absolute Gasteiger partial charge is 0.384 e. The van der Waals surface area contributed by atoms with Gasteiger partial charge in [0.15, 0.2) is 0 Å². The summed E-state index contributed by atoms with van der Waals surface area (Å²) in [5.41, 5.74) is 9.42. The molecule has 1 aliphatic rings. The molecule has 1 aliphatic carbocycles. The van der Waals surface area contributed by atoms with Gasteiger partial charge in [-0.15, -0.1) is 0 Å². The van der Waals surface area contributed by atoms with Gasteiger partial charge in [0.25, 0.3) is 0 Å². The van der Waals surface area contributed by atoms with Crippen molar-refractivity contribution in [1.29, 1.82) is 5.41 Å². The van der Waals surface area contributed by atoms with Crippen molar-refractivity contribution in [2.75, 3.05) is 0 Å². The van der Waals surface area contributed by atoms with Crippen LogP contribution < -0.4 is 5.73 Å². The fraction of sp³-hybridized carbons (Fsp3) is 0.188. The monoisotopic (exact) mass is 346 g/mol. The molecule has 0 radical (unpaired) electrons. The Morgan fingerprint density at radius 1 is 1.15 bits per heavy atom. The van der Waals surface area contributed by atoms with Crippen molar-refractivity contribution in [3.05, 3.63) is 57.6 Å². The van der Waals surface area contributed by atoms with Gasteiger partial charge in [0.2, 0.25) is 0 Å². The molecule has 0 fully saturated rings. The lowest BCUT2D eigenvalue weighted by Crippen LogP contribution is -2.13. The summed E-state index contributed by atoms with van der Waals surface area (Å²) in [7, 11) is 0. The molecular weight excluding hydrogens is 332 g/mol. The number of nitrogen functional groups attached to an aromatic ring is 1. The highest BCUT2D eigenvalue weighted by Crippen LogP contribution is 2.35. The first-order valence-corrected chi connectivity index (χ1v) is 8.18. The summed E-state index contributed by atoms with van der Waals surface area (Å²) < 4.78 is 0.871. The van der Waals surface area contributed by atoms with Crippen molar-refractivity contribution in [3.63, 3.8) is 0 Å². The number of rotatable bonds is 3. The number of fused-ring (bicyclic) bond motifs is 1. The molecule has 0 amide bonds. The Hall–Kier alpha value is -1.26. The number of halogens is 1. The first kappa shape index (κ1) is 13.7. The van der Waals surface area contributed by atoms with Gasteiger partial charge in [0, 0.05) is 19.8 Å². The minimum atomic E-state index is 0.0983. The lowest BCUT2D eigenvalue weighted by atomic mass is 10.1. The number of hydrogen-bond donors (Lipinski definition) is 2. The number of hydrogen-bond acceptors (Lipinski definition) is 2. The Labute approximate surface area is 131 Å². The zero-order chi connectivity index (χ0) is 14.1. The fourth-order valence-electron chi connectivity index (χ4n) is 2.59. The van der Waals surface area contributed by atoms with E-state index in [1.165, 1.54) is 35.3 Å². The first-order chi connectivity index (χ1) is 9.65. The van der Waals surface area contributed by atoms with Crippen LogP contribution in [0.25, 0.3) is 0 Å². The molecule has 3 rings (SSSR count). The third-order valence-corrected chi connectivity index (χ3v) is 5.25. The molecule has 0 saturated heterocycles.